The summed E-state index contributed by atoms with van der Waals surface area (Å²) in [5.74, 6) is 0.957. The molecule has 17 heavy (non-hydrogen) atoms. The van der Waals surface area contributed by atoms with Crippen molar-refractivity contribution in [2.24, 2.45) is 0 Å². The highest BCUT2D eigenvalue weighted by Gasteiger charge is 2.11. The normalized spacial score (nSPS) is 11.1. The fourth-order valence-electron chi connectivity index (χ4n) is 1.81. The van der Waals surface area contributed by atoms with E-state index in [0.717, 1.165) is 38.5 Å². The lowest BCUT2D eigenvalue weighted by Crippen LogP contribution is -2.29. The van der Waals surface area contributed by atoms with Gasteiger partial charge in [0.05, 0.1) is 0 Å². The molecule has 0 spiro atoms. The quantitative estimate of drug-likeness (QED) is 0.755. The van der Waals surface area contributed by atoms with Crippen LogP contribution < -0.4 is 4.90 Å². The van der Waals surface area contributed by atoms with E-state index in [1.54, 1.807) is 0 Å². The fraction of sp³-hybridized carbons (Fsp3) is 0.818. The van der Waals surface area contributed by atoms with Gasteiger partial charge in [0.2, 0.25) is 5.95 Å². The number of aromatic nitrogens is 3. The Morgan fingerprint density at radius 1 is 1.29 bits per heavy atom. The lowest BCUT2D eigenvalue weighted by molar-refractivity contribution is 0.400. The maximum atomic E-state index is 5.20. The smallest absolute Gasteiger partial charge is 0.225 e. The number of nitrogens with one attached hydrogen (secondary N) is 1. The number of hydrogen-bond acceptors (Lipinski definition) is 4. The number of aromatic amines is 1. The number of nitrogens with zero attached hydrogens (tertiary/aromatic N) is 4. The third-order valence-corrected chi connectivity index (χ3v) is 3.06. The second-order valence-electron chi connectivity index (χ2n) is 4.31. The topological polar surface area (TPSA) is 40.1 Å². The number of hydrogen-bond donors (Lipinski definition) is 1. The molecule has 0 saturated heterocycles. The number of anilines is 1. The summed E-state index contributed by atoms with van der Waals surface area (Å²) in [6, 6.07) is 0. The molecule has 6 heteroatoms. The first-order chi connectivity index (χ1) is 8.10. The predicted octanol–water partition coefficient (Wildman–Crippen LogP) is 1.74. The maximum absolute atomic E-state index is 5.20. The van der Waals surface area contributed by atoms with Gasteiger partial charge in [-0.15, -0.1) is 5.10 Å². The van der Waals surface area contributed by atoms with Crippen LogP contribution in [0.5, 0.6) is 0 Å². The van der Waals surface area contributed by atoms with Crippen molar-refractivity contribution in [3.63, 3.8) is 0 Å². The van der Waals surface area contributed by atoms with E-state index in [9.17, 15) is 0 Å². The predicted molar refractivity (Wildman–Crippen MR) is 74.1 cm³/mol. The van der Waals surface area contributed by atoms with Crippen LogP contribution in [0.3, 0.4) is 0 Å². The Balaban J connectivity index is 2.69. The van der Waals surface area contributed by atoms with Crippen LogP contribution in [0, 0.1) is 4.77 Å². The third-order valence-electron chi connectivity index (χ3n) is 2.75. The van der Waals surface area contributed by atoms with Gasteiger partial charge in [0, 0.05) is 19.6 Å². The zero-order chi connectivity index (χ0) is 12.8. The first kappa shape index (κ1) is 14.2. The summed E-state index contributed by atoms with van der Waals surface area (Å²) in [7, 11) is 4.19. The molecule has 0 aliphatic heterocycles. The van der Waals surface area contributed by atoms with Gasteiger partial charge in [-0.25, -0.2) is 5.10 Å². The lowest BCUT2D eigenvalue weighted by Gasteiger charge is -2.22. The molecule has 0 aliphatic rings. The first-order valence-corrected chi connectivity index (χ1v) is 6.55. The molecular weight excluding hydrogens is 234 g/mol. The van der Waals surface area contributed by atoms with Crippen molar-refractivity contribution in [2.75, 3.05) is 38.6 Å². The zero-order valence-corrected chi connectivity index (χ0v) is 12.0. The van der Waals surface area contributed by atoms with Crippen molar-refractivity contribution in [1.29, 1.82) is 0 Å². The molecule has 0 amide bonds. The summed E-state index contributed by atoms with van der Waals surface area (Å²) >= 11 is 5.20. The van der Waals surface area contributed by atoms with Gasteiger partial charge in [0.15, 0.2) is 4.77 Å². The van der Waals surface area contributed by atoms with Crippen molar-refractivity contribution in [1.82, 2.24) is 19.7 Å². The van der Waals surface area contributed by atoms with Crippen molar-refractivity contribution in [3.8, 4) is 0 Å². The van der Waals surface area contributed by atoms with Crippen molar-refractivity contribution in [2.45, 2.75) is 26.8 Å². The molecule has 1 aromatic rings. The Kier molecular flexibility index (Phi) is 5.64. The largest absolute Gasteiger partial charge is 0.341 e. The van der Waals surface area contributed by atoms with Gasteiger partial charge < -0.3 is 9.80 Å². The lowest BCUT2D eigenvalue weighted by atomic mass is 10.3. The fourth-order valence-corrected chi connectivity index (χ4v) is 2.07. The average molecular weight is 257 g/mol. The maximum Gasteiger partial charge on any atom is 0.225 e. The van der Waals surface area contributed by atoms with Gasteiger partial charge in [-0.3, -0.25) is 4.57 Å². The van der Waals surface area contributed by atoms with Gasteiger partial charge in [-0.1, -0.05) is 0 Å². The zero-order valence-electron chi connectivity index (χ0n) is 11.2. The van der Waals surface area contributed by atoms with Crippen LogP contribution >= 0.6 is 12.2 Å². The van der Waals surface area contributed by atoms with Crippen molar-refractivity contribution < 1.29 is 0 Å². The van der Waals surface area contributed by atoms with E-state index in [4.69, 9.17) is 12.2 Å². The van der Waals surface area contributed by atoms with E-state index >= 15 is 0 Å². The second kappa shape index (κ2) is 6.76. The van der Waals surface area contributed by atoms with Crippen molar-refractivity contribution >= 4 is 18.2 Å². The Bertz CT molecular complexity index is 381. The Morgan fingerprint density at radius 2 is 2.00 bits per heavy atom. The second-order valence-corrected chi connectivity index (χ2v) is 4.70. The molecule has 1 aromatic heterocycles. The molecular formula is C11H23N5S. The van der Waals surface area contributed by atoms with Crippen molar-refractivity contribution in [3.05, 3.63) is 4.77 Å². The molecule has 98 valence electrons. The average Bonchev–Trinajstić information content (AvgIpc) is 2.65. The van der Waals surface area contributed by atoms with Gasteiger partial charge in [0.25, 0.3) is 0 Å². The van der Waals surface area contributed by atoms with Gasteiger partial charge >= 0.3 is 0 Å². The molecule has 0 bridgehead atoms. The monoisotopic (exact) mass is 257 g/mol. The number of H-pyrrole nitrogens is 1. The molecule has 0 fully saturated rings. The third kappa shape index (κ3) is 3.81. The summed E-state index contributed by atoms with van der Waals surface area (Å²) in [4.78, 5) is 4.46. The highest BCUT2D eigenvalue weighted by Crippen LogP contribution is 2.11. The SMILES string of the molecule is CCN(CCCN(C)C)c1n[nH]c(=S)n1CC. The molecule has 5 nitrogen and oxygen atoms in total. The van der Waals surface area contributed by atoms with E-state index in [-0.39, 0.29) is 0 Å². The van der Waals surface area contributed by atoms with Crippen LogP contribution in [0.25, 0.3) is 0 Å². The van der Waals surface area contributed by atoms with Crippen LogP contribution in [0.4, 0.5) is 5.95 Å². The van der Waals surface area contributed by atoms with Crippen LogP contribution in [-0.4, -0.2) is 53.4 Å². The minimum absolute atomic E-state index is 0.702. The molecule has 1 N–H and O–H groups in total. The van der Waals surface area contributed by atoms with Crippen LogP contribution in [0.15, 0.2) is 0 Å². The Morgan fingerprint density at radius 3 is 2.53 bits per heavy atom. The number of rotatable bonds is 7. The molecule has 0 radical (unpaired) electrons. The minimum atomic E-state index is 0.702. The van der Waals surface area contributed by atoms with Gasteiger partial charge in [-0.2, -0.15) is 0 Å². The highest BCUT2D eigenvalue weighted by atomic mass is 32.1. The summed E-state index contributed by atoms with van der Waals surface area (Å²) < 4.78 is 2.74. The van der Waals surface area contributed by atoms with E-state index in [1.165, 1.54) is 0 Å². The van der Waals surface area contributed by atoms with E-state index in [0.29, 0.717) is 4.77 Å². The van der Waals surface area contributed by atoms with Gasteiger partial charge in [-0.05, 0) is 53.1 Å². The van der Waals surface area contributed by atoms with Gasteiger partial charge in [0.1, 0.15) is 0 Å². The Labute approximate surface area is 108 Å². The van der Waals surface area contributed by atoms with Crippen LogP contribution in [0.2, 0.25) is 0 Å². The molecule has 0 unspecified atom stereocenters. The van der Waals surface area contributed by atoms with E-state index in [2.05, 4.69) is 47.9 Å². The molecule has 0 atom stereocenters. The minimum Gasteiger partial charge on any atom is -0.341 e. The molecule has 1 rings (SSSR count). The summed E-state index contributed by atoms with van der Waals surface area (Å²) in [5, 5.41) is 7.18. The standard InChI is InChI=1S/C11H23N5S/c1-5-15(9-7-8-14(3)4)10-12-13-11(17)16(10)6-2/h5-9H2,1-4H3,(H,13,17). The van der Waals surface area contributed by atoms with E-state index < -0.39 is 0 Å². The molecule has 0 aliphatic carbocycles. The summed E-state index contributed by atoms with van der Waals surface area (Å²) in [5.41, 5.74) is 0. The molecule has 1 heterocycles. The molecule has 0 saturated carbocycles. The summed E-state index contributed by atoms with van der Waals surface area (Å²) in [6.07, 6.45) is 1.13. The highest BCUT2D eigenvalue weighted by molar-refractivity contribution is 7.71. The molecule has 0 aromatic carbocycles. The Hall–Kier alpha value is -0.880. The first-order valence-electron chi connectivity index (χ1n) is 6.15. The van der Waals surface area contributed by atoms with E-state index in [1.807, 2.05) is 4.57 Å². The summed E-state index contributed by atoms with van der Waals surface area (Å²) in [6.45, 7) is 8.14. The van der Waals surface area contributed by atoms with Crippen LogP contribution in [-0.2, 0) is 6.54 Å². The van der Waals surface area contributed by atoms with Crippen LogP contribution in [0.1, 0.15) is 20.3 Å².